The topological polar surface area (TPSA) is 37.3 Å². The van der Waals surface area contributed by atoms with Crippen molar-refractivity contribution in [1.29, 1.82) is 0 Å². The van der Waals surface area contributed by atoms with E-state index in [1.54, 1.807) is 0 Å². The molecule has 174 valence electrons. The number of carboxylic acids is 1. The lowest BCUT2D eigenvalue weighted by molar-refractivity contribution is -0.136. The standard InChI is InChI=1S/C30H37O2P/c1-2-3-4-5-6-7-8-18-25-29(30(31)32)33(26-19-12-9-13-20-26,27-21-14-10-15-22-27)28-23-16-11-17-24-28/h9-17,19-24,29H,2-8,18,25H2,1H3/p+1. The molecule has 3 heteroatoms. The van der Waals surface area contributed by atoms with Crippen LogP contribution in [-0.2, 0) is 4.79 Å². The maximum Gasteiger partial charge on any atom is 0.345 e. The molecule has 0 amide bonds. The highest BCUT2D eigenvalue weighted by molar-refractivity contribution is 7.96. The van der Waals surface area contributed by atoms with E-state index in [1.807, 2.05) is 54.6 Å². The first kappa shape index (κ1) is 25.2. The Kier molecular flexibility index (Phi) is 10.2. The Morgan fingerprint density at radius 1 is 0.636 bits per heavy atom. The van der Waals surface area contributed by atoms with Crippen LogP contribution in [-0.4, -0.2) is 16.7 Å². The van der Waals surface area contributed by atoms with Crippen LogP contribution < -0.4 is 15.9 Å². The number of hydrogen-bond acceptors (Lipinski definition) is 1. The Hall–Kier alpha value is -2.44. The van der Waals surface area contributed by atoms with E-state index in [9.17, 15) is 9.90 Å². The van der Waals surface area contributed by atoms with Crippen molar-refractivity contribution >= 4 is 29.1 Å². The Labute approximate surface area is 200 Å². The van der Waals surface area contributed by atoms with Crippen LogP contribution in [0.3, 0.4) is 0 Å². The fraction of sp³-hybridized carbons (Fsp3) is 0.367. The predicted molar refractivity (Wildman–Crippen MR) is 144 cm³/mol. The molecule has 0 aromatic heterocycles. The minimum absolute atomic E-state index is 0.440. The average Bonchev–Trinajstić information content (AvgIpc) is 2.86. The number of benzene rings is 3. The second-order valence-corrected chi connectivity index (χ2v) is 12.5. The molecule has 1 atom stereocenters. The molecular formula is C30H38O2P+. The summed E-state index contributed by atoms with van der Waals surface area (Å²) in [5.41, 5.74) is -0.440. The maximum atomic E-state index is 12.9. The van der Waals surface area contributed by atoms with Gasteiger partial charge in [-0.15, -0.1) is 0 Å². The van der Waals surface area contributed by atoms with Crippen molar-refractivity contribution in [3.05, 3.63) is 91.0 Å². The zero-order chi connectivity index (χ0) is 23.4. The highest BCUT2D eigenvalue weighted by atomic mass is 31.2. The smallest absolute Gasteiger partial charge is 0.345 e. The van der Waals surface area contributed by atoms with Crippen LogP contribution in [0.1, 0.15) is 64.7 Å². The molecule has 3 rings (SSSR count). The highest BCUT2D eigenvalue weighted by Crippen LogP contribution is 2.61. The summed E-state index contributed by atoms with van der Waals surface area (Å²) in [6.45, 7) is 2.24. The highest BCUT2D eigenvalue weighted by Gasteiger charge is 2.55. The van der Waals surface area contributed by atoms with E-state index in [0.29, 0.717) is 6.42 Å². The van der Waals surface area contributed by atoms with Crippen LogP contribution in [0.4, 0.5) is 0 Å². The Balaban J connectivity index is 1.96. The third-order valence-corrected chi connectivity index (χ3v) is 11.3. The molecule has 1 N–H and O–H groups in total. The fourth-order valence-corrected chi connectivity index (χ4v) is 9.73. The molecule has 0 saturated heterocycles. The van der Waals surface area contributed by atoms with E-state index in [4.69, 9.17) is 0 Å². The van der Waals surface area contributed by atoms with Crippen molar-refractivity contribution in [3.63, 3.8) is 0 Å². The number of rotatable bonds is 14. The molecule has 0 fully saturated rings. The molecular weight excluding hydrogens is 423 g/mol. The summed E-state index contributed by atoms with van der Waals surface area (Å²) in [5.74, 6) is -0.678. The Morgan fingerprint density at radius 3 is 1.36 bits per heavy atom. The molecule has 0 aliphatic carbocycles. The van der Waals surface area contributed by atoms with Gasteiger partial charge in [0.05, 0.1) is 0 Å². The van der Waals surface area contributed by atoms with Crippen molar-refractivity contribution in [1.82, 2.24) is 0 Å². The summed E-state index contributed by atoms with van der Waals surface area (Å²) in [6.07, 6.45) is 10.4. The lowest BCUT2D eigenvalue weighted by atomic mass is 10.1. The molecule has 0 radical (unpaired) electrons. The number of carboxylic acid groups (broad SMARTS) is 1. The summed E-state index contributed by atoms with van der Waals surface area (Å²) in [5, 5.41) is 14.1. The second kappa shape index (κ2) is 13.3. The average molecular weight is 462 g/mol. The van der Waals surface area contributed by atoms with Gasteiger partial charge in [0.1, 0.15) is 23.2 Å². The monoisotopic (exact) mass is 461 g/mol. The van der Waals surface area contributed by atoms with Crippen molar-refractivity contribution < 1.29 is 9.90 Å². The Morgan fingerprint density at radius 2 is 1.00 bits per heavy atom. The lowest BCUT2D eigenvalue weighted by Gasteiger charge is -2.32. The van der Waals surface area contributed by atoms with E-state index >= 15 is 0 Å². The molecule has 0 saturated carbocycles. The van der Waals surface area contributed by atoms with Crippen LogP contribution in [0, 0.1) is 0 Å². The van der Waals surface area contributed by atoms with Crippen molar-refractivity contribution in [2.75, 3.05) is 0 Å². The molecule has 0 aliphatic rings. The third kappa shape index (κ3) is 6.33. The first-order chi connectivity index (χ1) is 16.2. The van der Waals surface area contributed by atoms with Gasteiger partial charge in [-0.05, 0) is 49.2 Å². The largest absolute Gasteiger partial charge is 0.478 e. The van der Waals surface area contributed by atoms with Gasteiger partial charge in [-0.2, -0.15) is 0 Å². The Bertz CT molecular complexity index is 844. The third-order valence-electron chi connectivity index (χ3n) is 6.57. The van der Waals surface area contributed by atoms with Crippen molar-refractivity contribution in [3.8, 4) is 0 Å². The van der Waals surface area contributed by atoms with Crippen molar-refractivity contribution in [2.24, 2.45) is 0 Å². The quantitative estimate of drug-likeness (QED) is 0.208. The number of hydrogen-bond donors (Lipinski definition) is 1. The van der Waals surface area contributed by atoms with E-state index in [0.717, 1.165) is 28.8 Å². The van der Waals surface area contributed by atoms with Crippen LogP contribution in [0.15, 0.2) is 91.0 Å². The summed E-state index contributed by atoms with van der Waals surface area (Å²) in [4.78, 5) is 12.9. The molecule has 0 bridgehead atoms. The number of unbranched alkanes of at least 4 members (excludes halogenated alkanes) is 7. The molecule has 3 aromatic carbocycles. The fourth-order valence-electron chi connectivity index (χ4n) is 4.93. The normalized spacial score (nSPS) is 12.4. The minimum atomic E-state index is -2.39. The molecule has 3 aromatic rings. The van der Waals surface area contributed by atoms with E-state index in [1.165, 1.54) is 38.5 Å². The van der Waals surface area contributed by atoms with Gasteiger partial charge in [-0.25, -0.2) is 4.79 Å². The molecule has 1 unspecified atom stereocenters. The van der Waals surface area contributed by atoms with Crippen LogP contribution in [0.5, 0.6) is 0 Å². The van der Waals surface area contributed by atoms with Crippen LogP contribution >= 0.6 is 7.26 Å². The second-order valence-electron chi connectivity index (χ2n) is 8.85. The summed E-state index contributed by atoms with van der Waals surface area (Å²) in [7, 11) is -2.39. The zero-order valence-electron chi connectivity index (χ0n) is 19.9. The van der Waals surface area contributed by atoms with Crippen LogP contribution in [0.25, 0.3) is 0 Å². The number of carbonyl (C=O) groups is 1. The number of aliphatic carboxylic acids is 1. The van der Waals surface area contributed by atoms with Gasteiger partial charge in [-0.1, -0.05) is 106 Å². The molecule has 2 nitrogen and oxygen atoms in total. The molecule has 0 spiro atoms. The van der Waals surface area contributed by atoms with E-state index in [2.05, 4.69) is 43.3 Å². The minimum Gasteiger partial charge on any atom is -0.478 e. The predicted octanol–water partition coefficient (Wildman–Crippen LogP) is 6.96. The van der Waals surface area contributed by atoms with Gasteiger partial charge in [-0.3, -0.25) is 0 Å². The van der Waals surface area contributed by atoms with Crippen molar-refractivity contribution in [2.45, 2.75) is 70.4 Å². The van der Waals surface area contributed by atoms with Gasteiger partial charge in [0.25, 0.3) is 0 Å². The maximum absolute atomic E-state index is 12.9. The zero-order valence-corrected chi connectivity index (χ0v) is 20.8. The van der Waals surface area contributed by atoms with Gasteiger partial charge < -0.3 is 5.11 Å². The van der Waals surface area contributed by atoms with Gasteiger partial charge in [0.2, 0.25) is 0 Å². The van der Waals surface area contributed by atoms with E-state index in [-0.39, 0.29) is 0 Å². The van der Waals surface area contributed by atoms with Gasteiger partial charge >= 0.3 is 5.97 Å². The summed E-state index contributed by atoms with van der Waals surface area (Å²) in [6, 6.07) is 31.1. The first-order valence-corrected chi connectivity index (χ1v) is 14.4. The lowest BCUT2D eigenvalue weighted by Crippen LogP contribution is -2.42. The summed E-state index contributed by atoms with van der Waals surface area (Å²) < 4.78 is 0. The van der Waals surface area contributed by atoms with Crippen LogP contribution in [0.2, 0.25) is 0 Å². The van der Waals surface area contributed by atoms with Gasteiger partial charge in [0.15, 0.2) is 5.66 Å². The van der Waals surface area contributed by atoms with E-state index < -0.39 is 18.9 Å². The van der Waals surface area contributed by atoms with Gasteiger partial charge in [0, 0.05) is 0 Å². The SMILES string of the molecule is CCCCCCCCCCC(C(=O)O)[P+](c1ccccc1)(c1ccccc1)c1ccccc1. The first-order valence-electron chi connectivity index (χ1n) is 12.5. The summed E-state index contributed by atoms with van der Waals surface area (Å²) >= 11 is 0. The molecule has 33 heavy (non-hydrogen) atoms. The molecule has 0 aliphatic heterocycles. The molecule has 0 heterocycles.